The Morgan fingerprint density at radius 1 is 1.33 bits per heavy atom. The highest BCUT2D eigenvalue weighted by Gasteiger charge is 2.11. The molecule has 0 spiro atoms. The number of hydrogen-bond donors (Lipinski definition) is 1. The molecule has 18 heavy (non-hydrogen) atoms. The highest BCUT2D eigenvalue weighted by Crippen LogP contribution is 2.30. The van der Waals surface area contributed by atoms with Crippen LogP contribution in [0.5, 0.6) is 0 Å². The molecule has 0 unspecified atom stereocenters. The molecule has 1 heterocycles. The van der Waals surface area contributed by atoms with Crippen molar-refractivity contribution in [2.45, 2.75) is 39.7 Å². The molecule has 0 bridgehead atoms. The average molecular weight is 265 g/mol. The second-order valence-electron chi connectivity index (χ2n) is 4.81. The van der Waals surface area contributed by atoms with Gasteiger partial charge in [0.05, 0.1) is 5.52 Å². The molecule has 3 heteroatoms. The number of rotatable bonds is 5. The lowest BCUT2D eigenvalue weighted by molar-refractivity contribution is 0.667. The molecule has 0 aliphatic carbocycles. The van der Waals surface area contributed by atoms with Crippen LogP contribution in [0.25, 0.3) is 10.9 Å². The summed E-state index contributed by atoms with van der Waals surface area (Å²) in [5, 5.41) is 2.19. The highest BCUT2D eigenvalue weighted by molar-refractivity contribution is 6.32. The summed E-state index contributed by atoms with van der Waals surface area (Å²) in [4.78, 5) is 0. The van der Waals surface area contributed by atoms with Gasteiger partial charge in [-0.05, 0) is 43.5 Å². The molecule has 0 fully saturated rings. The number of aromatic nitrogens is 1. The van der Waals surface area contributed by atoms with Crippen molar-refractivity contribution < 1.29 is 0 Å². The third kappa shape index (κ3) is 2.40. The van der Waals surface area contributed by atoms with Gasteiger partial charge in [0.1, 0.15) is 0 Å². The molecule has 0 aliphatic rings. The molecule has 0 saturated carbocycles. The summed E-state index contributed by atoms with van der Waals surface area (Å²) >= 11 is 6.24. The van der Waals surface area contributed by atoms with Crippen LogP contribution in [0, 0.1) is 6.92 Å². The maximum atomic E-state index is 6.24. The minimum Gasteiger partial charge on any atom is -0.347 e. The van der Waals surface area contributed by atoms with Crippen LogP contribution in [0.4, 0.5) is 0 Å². The third-order valence-corrected chi connectivity index (χ3v) is 3.84. The monoisotopic (exact) mass is 264 g/mol. The first-order valence-corrected chi connectivity index (χ1v) is 7.03. The number of halogens is 1. The van der Waals surface area contributed by atoms with Crippen LogP contribution in [-0.2, 0) is 13.0 Å². The van der Waals surface area contributed by atoms with Crippen LogP contribution >= 0.6 is 11.6 Å². The van der Waals surface area contributed by atoms with Crippen LogP contribution in [0.2, 0.25) is 5.02 Å². The first-order valence-electron chi connectivity index (χ1n) is 6.66. The lowest BCUT2D eigenvalue weighted by Crippen LogP contribution is -2.05. The quantitative estimate of drug-likeness (QED) is 0.872. The largest absolute Gasteiger partial charge is 0.347 e. The Labute approximate surface area is 114 Å². The van der Waals surface area contributed by atoms with Gasteiger partial charge in [-0.2, -0.15) is 0 Å². The number of fused-ring (bicyclic) bond motifs is 1. The van der Waals surface area contributed by atoms with Crippen molar-refractivity contribution >= 4 is 22.5 Å². The molecule has 0 atom stereocenters. The topological polar surface area (TPSA) is 30.9 Å². The Morgan fingerprint density at radius 2 is 2.11 bits per heavy atom. The Balaban J connectivity index is 2.57. The minimum atomic E-state index is 0.725. The Hall–Kier alpha value is -0.990. The molecular formula is C15H21ClN2. The van der Waals surface area contributed by atoms with E-state index in [0.717, 1.165) is 37.4 Å². The molecule has 0 aliphatic heterocycles. The zero-order valence-corrected chi connectivity index (χ0v) is 11.9. The van der Waals surface area contributed by atoms with Crippen molar-refractivity contribution in [2.24, 2.45) is 5.73 Å². The molecule has 0 amide bonds. The average Bonchev–Trinajstić information content (AvgIpc) is 2.71. The van der Waals surface area contributed by atoms with Gasteiger partial charge in [-0.1, -0.05) is 31.0 Å². The second kappa shape index (κ2) is 5.77. The minimum absolute atomic E-state index is 0.725. The molecule has 2 N–H and O–H groups in total. The van der Waals surface area contributed by atoms with E-state index in [9.17, 15) is 0 Å². The summed E-state index contributed by atoms with van der Waals surface area (Å²) < 4.78 is 2.31. The van der Waals surface area contributed by atoms with Gasteiger partial charge in [-0.25, -0.2) is 0 Å². The lowest BCUT2D eigenvalue weighted by Gasteiger charge is -2.07. The van der Waals surface area contributed by atoms with E-state index >= 15 is 0 Å². The maximum absolute atomic E-state index is 6.24. The molecule has 2 nitrogen and oxygen atoms in total. The summed E-state index contributed by atoms with van der Waals surface area (Å²) in [6.45, 7) is 6.01. The molecule has 0 saturated heterocycles. The van der Waals surface area contributed by atoms with E-state index in [1.165, 1.54) is 22.0 Å². The molecule has 2 aromatic rings. The van der Waals surface area contributed by atoms with E-state index in [1.807, 2.05) is 6.07 Å². The molecule has 1 aromatic carbocycles. The second-order valence-corrected chi connectivity index (χ2v) is 5.22. The molecule has 1 aromatic heterocycles. The van der Waals surface area contributed by atoms with Gasteiger partial charge >= 0.3 is 0 Å². The number of nitrogens with two attached hydrogens (primary N) is 1. The van der Waals surface area contributed by atoms with Crippen LogP contribution in [-0.4, -0.2) is 11.1 Å². The predicted octanol–water partition coefficient (Wildman–Crippen LogP) is 3.90. The smallest absolute Gasteiger partial charge is 0.0527 e. The van der Waals surface area contributed by atoms with E-state index < -0.39 is 0 Å². The number of benzene rings is 1. The van der Waals surface area contributed by atoms with Crippen molar-refractivity contribution in [2.75, 3.05) is 6.54 Å². The first-order chi connectivity index (χ1) is 8.69. The van der Waals surface area contributed by atoms with Gasteiger partial charge in [-0.3, -0.25) is 0 Å². The zero-order chi connectivity index (χ0) is 13.1. The van der Waals surface area contributed by atoms with Crippen LogP contribution in [0.3, 0.4) is 0 Å². The van der Waals surface area contributed by atoms with Crippen LogP contribution in [0.15, 0.2) is 18.3 Å². The summed E-state index contributed by atoms with van der Waals surface area (Å²) in [6, 6.07) is 4.15. The lowest BCUT2D eigenvalue weighted by atomic mass is 10.1. The van der Waals surface area contributed by atoms with E-state index in [0.29, 0.717) is 0 Å². The summed E-state index contributed by atoms with van der Waals surface area (Å²) in [5.41, 5.74) is 9.49. The number of aryl methyl sites for hydroxylation is 3. The van der Waals surface area contributed by atoms with Gasteiger partial charge in [0.25, 0.3) is 0 Å². The van der Waals surface area contributed by atoms with Gasteiger partial charge in [-0.15, -0.1) is 0 Å². The Morgan fingerprint density at radius 3 is 2.78 bits per heavy atom. The van der Waals surface area contributed by atoms with E-state index in [-0.39, 0.29) is 0 Å². The molecule has 0 radical (unpaired) electrons. The van der Waals surface area contributed by atoms with E-state index in [2.05, 4.69) is 30.7 Å². The van der Waals surface area contributed by atoms with Crippen molar-refractivity contribution in [1.29, 1.82) is 0 Å². The Kier molecular flexibility index (Phi) is 4.31. The van der Waals surface area contributed by atoms with E-state index in [4.69, 9.17) is 17.3 Å². The van der Waals surface area contributed by atoms with Crippen LogP contribution in [0.1, 0.15) is 30.9 Å². The van der Waals surface area contributed by atoms with E-state index in [1.54, 1.807) is 0 Å². The van der Waals surface area contributed by atoms with Gasteiger partial charge < -0.3 is 10.3 Å². The van der Waals surface area contributed by atoms with Crippen LogP contribution < -0.4 is 5.73 Å². The number of nitrogens with zero attached hydrogens (tertiary/aromatic N) is 1. The standard InChI is InChI=1S/C15H21ClN2/c1-3-5-12-10-18(9-4-8-17)15-11(2)14(16)7-6-13(12)15/h6-7,10H,3-5,8-9,17H2,1-2H3. The van der Waals surface area contributed by atoms with Gasteiger partial charge in [0.15, 0.2) is 0 Å². The van der Waals surface area contributed by atoms with Crippen molar-refractivity contribution in [1.82, 2.24) is 4.57 Å². The SMILES string of the molecule is CCCc1cn(CCCN)c2c(C)c(Cl)ccc12. The highest BCUT2D eigenvalue weighted by atomic mass is 35.5. The fraction of sp³-hybridized carbons (Fsp3) is 0.467. The summed E-state index contributed by atoms with van der Waals surface area (Å²) in [6.07, 6.45) is 5.55. The van der Waals surface area contributed by atoms with Crippen molar-refractivity contribution in [3.8, 4) is 0 Å². The molecular weight excluding hydrogens is 244 g/mol. The Bertz CT molecular complexity index is 543. The fourth-order valence-electron chi connectivity index (χ4n) is 2.53. The molecule has 98 valence electrons. The fourth-order valence-corrected chi connectivity index (χ4v) is 2.69. The third-order valence-electron chi connectivity index (χ3n) is 3.43. The summed E-state index contributed by atoms with van der Waals surface area (Å²) in [5.74, 6) is 0. The van der Waals surface area contributed by atoms with Crippen molar-refractivity contribution in [3.05, 3.63) is 34.5 Å². The normalized spacial score (nSPS) is 11.3. The van der Waals surface area contributed by atoms with Crippen molar-refractivity contribution in [3.63, 3.8) is 0 Å². The molecule has 2 rings (SSSR count). The number of hydrogen-bond acceptors (Lipinski definition) is 1. The van der Waals surface area contributed by atoms with Gasteiger partial charge in [0.2, 0.25) is 0 Å². The first kappa shape index (κ1) is 13.4. The zero-order valence-electron chi connectivity index (χ0n) is 11.2. The van der Waals surface area contributed by atoms with Gasteiger partial charge in [0, 0.05) is 23.2 Å². The maximum Gasteiger partial charge on any atom is 0.0527 e. The summed E-state index contributed by atoms with van der Waals surface area (Å²) in [7, 11) is 0. The predicted molar refractivity (Wildman–Crippen MR) is 79.4 cm³/mol.